The van der Waals surface area contributed by atoms with Crippen molar-refractivity contribution in [2.24, 2.45) is 0 Å². The molecule has 96 valence electrons. The zero-order valence-corrected chi connectivity index (χ0v) is 9.29. The molecule has 2 rings (SSSR count). The third kappa shape index (κ3) is 2.69. The van der Waals surface area contributed by atoms with Gasteiger partial charge in [-0.1, -0.05) is 11.3 Å². The minimum Gasteiger partial charge on any atom is -0.390 e. The summed E-state index contributed by atoms with van der Waals surface area (Å²) in [5, 5.41) is 25.9. The Balaban J connectivity index is 2.13. The SMILES string of the molecule is OCc1cn(C[C@@H](O)c2ccc(F)cc2F)nn1. The van der Waals surface area contributed by atoms with Crippen LogP contribution in [0.4, 0.5) is 8.78 Å². The van der Waals surface area contributed by atoms with Gasteiger partial charge in [0.05, 0.1) is 19.3 Å². The average molecular weight is 255 g/mol. The Kier molecular flexibility index (Phi) is 3.63. The smallest absolute Gasteiger partial charge is 0.131 e. The maximum atomic E-state index is 13.4. The van der Waals surface area contributed by atoms with Crippen LogP contribution in [0.15, 0.2) is 24.4 Å². The van der Waals surface area contributed by atoms with Gasteiger partial charge in [0.2, 0.25) is 0 Å². The van der Waals surface area contributed by atoms with Gasteiger partial charge >= 0.3 is 0 Å². The summed E-state index contributed by atoms with van der Waals surface area (Å²) < 4.78 is 27.4. The van der Waals surface area contributed by atoms with Gasteiger partial charge < -0.3 is 10.2 Å². The fourth-order valence-corrected chi connectivity index (χ4v) is 1.55. The van der Waals surface area contributed by atoms with Crippen LogP contribution < -0.4 is 0 Å². The molecule has 0 unspecified atom stereocenters. The number of halogens is 2. The van der Waals surface area contributed by atoms with Crippen molar-refractivity contribution in [3.05, 3.63) is 47.3 Å². The topological polar surface area (TPSA) is 71.2 Å². The van der Waals surface area contributed by atoms with E-state index in [-0.39, 0.29) is 18.7 Å². The summed E-state index contributed by atoms with van der Waals surface area (Å²) >= 11 is 0. The lowest BCUT2D eigenvalue weighted by Gasteiger charge is -2.11. The predicted octanol–water partition coefficient (Wildman–Crippen LogP) is 0.782. The van der Waals surface area contributed by atoms with E-state index in [1.54, 1.807) is 0 Å². The third-order valence-corrected chi connectivity index (χ3v) is 2.43. The van der Waals surface area contributed by atoms with Crippen molar-refractivity contribution < 1.29 is 19.0 Å². The van der Waals surface area contributed by atoms with Crippen LogP contribution in [-0.2, 0) is 13.2 Å². The number of nitrogens with zero attached hydrogens (tertiary/aromatic N) is 3. The van der Waals surface area contributed by atoms with E-state index < -0.39 is 17.7 Å². The van der Waals surface area contributed by atoms with Gasteiger partial charge in [-0.25, -0.2) is 13.5 Å². The molecule has 0 spiro atoms. The molecule has 2 aromatic rings. The normalized spacial score (nSPS) is 12.7. The van der Waals surface area contributed by atoms with Crippen molar-refractivity contribution in [3.63, 3.8) is 0 Å². The van der Waals surface area contributed by atoms with Gasteiger partial charge in [-0.3, -0.25) is 0 Å². The zero-order chi connectivity index (χ0) is 13.1. The first-order chi connectivity index (χ1) is 8.60. The lowest BCUT2D eigenvalue weighted by atomic mass is 10.1. The van der Waals surface area contributed by atoms with E-state index in [0.717, 1.165) is 6.07 Å². The Hall–Kier alpha value is -1.86. The van der Waals surface area contributed by atoms with Crippen LogP contribution in [0, 0.1) is 11.6 Å². The second-order valence-electron chi connectivity index (χ2n) is 3.77. The number of aromatic nitrogens is 3. The third-order valence-electron chi connectivity index (χ3n) is 2.43. The van der Waals surface area contributed by atoms with Crippen LogP contribution in [0.5, 0.6) is 0 Å². The quantitative estimate of drug-likeness (QED) is 0.847. The molecule has 0 saturated carbocycles. The van der Waals surface area contributed by atoms with Gasteiger partial charge in [0.25, 0.3) is 0 Å². The highest BCUT2D eigenvalue weighted by Crippen LogP contribution is 2.19. The standard InChI is InChI=1S/C11H11F2N3O2/c12-7-1-2-9(10(13)3-7)11(18)5-16-4-8(6-17)14-15-16/h1-4,11,17-18H,5-6H2/t11-/m1/s1. The number of hydrogen-bond donors (Lipinski definition) is 2. The molecule has 0 aliphatic carbocycles. The number of aliphatic hydroxyl groups is 2. The monoisotopic (exact) mass is 255 g/mol. The van der Waals surface area contributed by atoms with Crippen LogP contribution in [0.2, 0.25) is 0 Å². The summed E-state index contributed by atoms with van der Waals surface area (Å²) in [7, 11) is 0. The molecule has 1 atom stereocenters. The lowest BCUT2D eigenvalue weighted by molar-refractivity contribution is 0.146. The predicted molar refractivity (Wildman–Crippen MR) is 57.3 cm³/mol. The molecule has 0 bridgehead atoms. The van der Waals surface area contributed by atoms with E-state index in [1.807, 2.05) is 0 Å². The highest BCUT2D eigenvalue weighted by Gasteiger charge is 2.15. The Morgan fingerprint density at radius 1 is 1.33 bits per heavy atom. The summed E-state index contributed by atoms with van der Waals surface area (Å²) in [4.78, 5) is 0. The van der Waals surface area contributed by atoms with Gasteiger partial charge in [-0.05, 0) is 6.07 Å². The Labute approximate surface area is 101 Å². The van der Waals surface area contributed by atoms with Crippen molar-refractivity contribution in [1.29, 1.82) is 0 Å². The van der Waals surface area contributed by atoms with Crippen molar-refractivity contribution in [3.8, 4) is 0 Å². The van der Waals surface area contributed by atoms with Crippen LogP contribution >= 0.6 is 0 Å². The molecular formula is C11H11F2N3O2. The van der Waals surface area contributed by atoms with Crippen LogP contribution in [0.25, 0.3) is 0 Å². The van der Waals surface area contributed by atoms with E-state index in [0.29, 0.717) is 11.8 Å². The molecular weight excluding hydrogens is 244 g/mol. The van der Waals surface area contributed by atoms with E-state index >= 15 is 0 Å². The van der Waals surface area contributed by atoms with E-state index in [1.165, 1.54) is 16.9 Å². The summed E-state index contributed by atoms with van der Waals surface area (Å²) in [6.45, 7) is -0.295. The van der Waals surface area contributed by atoms with Gasteiger partial charge in [-0.15, -0.1) is 5.10 Å². The van der Waals surface area contributed by atoms with Crippen LogP contribution in [-0.4, -0.2) is 25.2 Å². The Morgan fingerprint density at radius 3 is 2.72 bits per heavy atom. The van der Waals surface area contributed by atoms with E-state index in [4.69, 9.17) is 5.11 Å². The zero-order valence-electron chi connectivity index (χ0n) is 9.29. The minimum atomic E-state index is -1.17. The van der Waals surface area contributed by atoms with E-state index in [9.17, 15) is 13.9 Å². The largest absolute Gasteiger partial charge is 0.390 e. The summed E-state index contributed by atoms with van der Waals surface area (Å²) in [6, 6.07) is 2.96. The molecule has 0 amide bonds. The fourth-order valence-electron chi connectivity index (χ4n) is 1.55. The van der Waals surface area contributed by atoms with Crippen molar-refractivity contribution >= 4 is 0 Å². The van der Waals surface area contributed by atoms with Gasteiger partial charge in [0, 0.05) is 11.6 Å². The summed E-state index contributed by atoms with van der Waals surface area (Å²) in [6.07, 6.45) is 0.267. The Morgan fingerprint density at radius 2 is 2.11 bits per heavy atom. The average Bonchev–Trinajstić information content (AvgIpc) is 2.76. The molecule has 5 nitrogen and oxygen atoms in total. The first-order valence-corrected chi connectivity index (χ1v) is 5.23. The maximum Gasteiger partial charge on any atom is 0.131 e. The van der Waals surface area contributed by atoms with E-state index in [2.05, 4.69) is 10.3 Å². The molecule has 1 heterocycles. The maximum absolute atomic E-state index is 13.4. The highest BCUT2D eigenvalue weighted by atomic mass is 19.1. The molecule has 1 aromatic heterocycles. The molecule has 0 saturated heterocycles. The van der Waals surface area contributed by atoms with Crippen LogP contribution in [0.1, 0.15) is 17.4 Å². The molecule has 7 heteroatoms. The molecule has 0 fully saturated rings. The summed E-state index contributed by atoms with van der Waals surface area (Å²) in [5.41, 5.74) is 0.333. The molecule has 2 N–H and O–H groups in total. The van der Waals surface area contributed by atoms with Crippen molar-refractivity contribution in [2.45, 2.75) is 19.3 Å². The van der Waals surface area contributed by atoms with Gasteiger partial charge in [0.1, 0.15) is 23.4 Å². The van der Waals surface area contributed by atoms with Gasteiger partial charge in [-0.2, -0.15) is 0 Å². The molecule has 0 radical (unpaired) electrons. The van der Waals surface area contributed by atoms with Crippen LogP contribution in [0.3, 0.4) is 0 Å². The van der Waals surface area contributed by atoms with Crippen molar-refractivity contribution in [1.82, 2.24) is 15.0 Å². The number of aliphatic hydroxyl groups excluding tert-OH is 2. The highest BCUT2D eigenvalue weighted by molar-refractivity contribution is 5.20. The van der Waals surface area contributed by atoms with Gasteiger partial charge in [0.15, 0.2) is 0 Å². The summed E-state index contributed by atoms with van der Waals surface area (Å²) in [5.74, 6) is -1.52. The molecule has 0 aliphatic heterocycles. The lowest BCUT2D eigenvalue weighted by Crippen LogP contribution is -2.11. The fraction of sp³-hybridized carbons (Fsp3) is 0.273. The molecule has 18 heavy (non-hydrogen) atoms. The number of hydrogen-bond acceptors (Lipinski definition) is 4. The first kappa shape index (κ1) is 12.6. The second-order valence-corrected chi connectivity index (χ2v) is 3.77. The molecule has 1 aromatic carbocycles. The second kappa shape index (κ2) is 5.19. The number of benzene rings is 1. The minimum absolute atomic E-state index is 0.0163. The Bertz CT molecular complexity index is 545. The molecule has 0 aliphatic rings. The van der Waals surface area contributed by atoms with Crippen molar-refractivity contribution in [2.75, 3.05) is 0 Å². The number of rotatable bonds is 4. The first-order valence-electron chi connectivity index (χ1n) is 5.23.